The Morgan fingerprint density at radius 2 is 2.55 bits per heavy atom. The van der Waals surface area contributed by atoms with E-state index in [-0.39, 0.29) is 12.0 Å². The van der Waals surface area contributed by atoms with E-state index in [9.17, 15) is 4.79 Å². The summed E-state index contributed by atoms with van der Waals surface area (Å²) in [4.78, 5) is 11.0. The number of nitrogens with zero attached hydrogens (tertiary/aromatic N) is 1. The van der Waals surface area contributed by atoms with Gasteiger partial charge >= 0.3 is 0 Å². The molecule has 11 heavy (non-hydrogen) atoms. The van der Waals surface area contributed by atoms with Crippen molar-refractivity contribution < 1.29 is 9.53 Å². The monoisotopic (exact) mass is 154 g/mol. The minimum absolute atomic E-state index is 0.176. The van der Waals surface area contributed by atoms with Crippen LogP contribution < -0.4 is 5.32 Å². The van der Waals surface area contributed by atoms with Crippen LogP contribution in [0.3, 0.4) is 0 Å². The Bertz CT molecular complexity index is 193. The third-order valence-corrected chi connectivity index (χ3v) is 1.54. The zero-order valence-corrected chi connectivity index (χ0v) is 6.33. The molecular weight excluding hydrogens is 144 g/mol. The summed E-state index contributed by atoms with van der Waals surface area (Å²) in [5.41, 5.74) is 0. The molecule has 4 nitrogen and oxygen atoms in total. The van der Waals surface area contributed by atoms with E-state index in [4.69, 9.17) is 10.00 Å². The van der Waals surface area contributed by atoms with Gasteiger partial charge in [0, 0.05) is 6.42 Å². The highest BCUT2D eigenvalue weighted by Crippen LogP contribution is 2.10. The first-order chi connectivity index (χ1) is 5.24. The van der Waals surface area contributed by atoms with Crippen molar-refractivity contribution in [3.63, 3.8) is 0 Å². The fraction of sp³-hybridized carbons (Fsp3) is 0.714. The Kier molecular flexibility index (Phi) is 2.44. The Hall–Kier alpha value is -1.08. The van der Waals surface area contributed by atoms with E-state index in [1.165, 1.54) is 0 Å². The van der Waals surface area contributed by atoms with Gasteiger partial charge in [-0.05, 0) is 6.92 Å². The van der Waals surface area contributed by atoms with E-state index < -0.39 is 6.04 Å². The molecule has 0 bridgehead atoms. The maximum atomic E-state index is 11.0. The third kappa shape index (κ3) is 1.92. The standard InChI is InChI=1S/C7H10N2O2/c1-5(4-8)9-7(10)6-2-3-11-6/h5-6H,2-3H2,1H3,(H,9,10)/t5-,6?/m1/s1. The molecule has 1 fully saturated rings. The summed E-state index contributed by atoms with van der Waals surface area (Å²) in [5.74, 6) is -0.176. The van der Waals surface area contributed by atoms with Crippen molar-refractivity contribution in [3.8, 4) is 6.07 Å². The molecule has 0 aromatic carbocycles. The minimum Gasteiger partial charge on any atom is -0.368 e. The molecule has 1 rings (SSSR count). The maximum absolute atomic E-state index is 11.0. The van der Waals surface area contributed by atoms with Gasteiger partial charge < -0.3 is 10.1 Å². The summed E-state index contributed by atoms with van der Waals surface area (Å²) in [6.07, 6.45) is 0.454. The predicted molar refractivity (Wildman–Crippen MR) is 37.6 cm³/mol. The lowest BCUT2D eigenvalue weighted by Gasteiger charge is -2.25. The summed E-state index contributed by atoms with van der Waals surface area (Å²) in [6, 6.07) is 1.49. The zero-order chi connectivity index (χ0) is 8.27. The fourth-order valence-electron chi connectivity index (χ4n) is 0.781. The number of ether oxygens (including phenoxy) is 1. The zero-order valence-electron chi connectivity index (χ0n) is 6.33. The molecule has 1 unspecified atom stereocenters. The molecule has 1 aliphatic rings. The Morgan fingerprint density at radius 1 is 1.91 bits per heavy atom. The lowest BCUT2D eigenvalue weighted by atomic mass is 10.1. The van der Waals surface area contributed by atoms with Crippen LogP contribution in [0, 0.1) is 11.3 Å². The summed E-state index contributed by atoms with van der Waals surface area (Å²) in [6.45, 7) is 2.29. The Morgan fingerprint density at radius 3 is 2.91 bits per heavy atom. The number of carbonyl (C=O) groups is 1. The maximum Gasteiger partial charge on any atom is 0.250 e. The number of hydrogen-bond donors (Lipinski definition) is 1. The van der Waals surface area contributed by atoms with Crippen molar-refractivity contribution in [2.24, 2.45) is 0 Å². The highest BCUT2D eigenvalue weighted by atomic mass is 16.5. The lowest BCUT2D eigenvalue weighted by molar-refractivity contribution is -0.145. The minimum atomic E-state index is -0.424. The van der Waals surface area contributed by atoms with Gasteiger partial charge in [-0.3, -0.25) is 4.79 Å². The van der Waals surface area contributed by atoms with Gasteiger partial charge in [0.25, 0.3) is 0 Å². The first-order valence-corrected chi connectivity index (χ1v) is 3.55. The average Bonchev–Trinajstić information content (AvgIpc) is 1.83. The molecule has 1 amide bonds. The quantitative estimate of drug-likeness (QED) is 0.599. The molecular formula is C7H10N2O2. The van der Waals surface area contributed by atoms with E-state index >= 15 is 0 Å². The molecule has 1 aliphatic heterocycles. The van der Waals surface area contributed by atoms with Crippen LogP contribution in [0.15, 0.2) is 0 Å². The Labute approximate surface area is 65.1 Å². The molecule has 0 saturated carbocycles. The van der Waals surface area contributed by atoms with Crippen LogP contribution >= 0.6 is 0 Å². The van der Waals surface area contributed by atoms with Crippen molar-refractivity contribution in [2.75, 3.05) is 6.61 Å². The Balaban J connectivity index is 2.26. The van der Waals surface area contributed by atoms with E-state index in [1.54, 1.807) is 6.92 Å². The molecule has 0 radical (unpaired) electrons. The van der Waals surface area contributed by atoms with Crippen LogP contribution in [0.5, 0.6) is 0 Å². The largest absolute Gasteiger partial charge is 0.368 e. The van der Waals surface area contributed by atoms with Gasteiger partial charge in [-0.2, -0.15) is 5.26 Å². The first-order valence-electron chi connectivity index (χ1n) is 3.55. The van der Waals surface area contributed by atoms with Crippen molar-refractivity contribution in [3.05, 3.63) is 0 Å². The van der Waals surface area contributed by atoms with Gasteiger partial charge in [-0.1, -0.05) is 0 Å². The van der Waals surface area contributed by atoms with E-state index in [0.29, 0.717) is 6.61 Å². The summed E-state index contributed by atoms with van der Waals surface area (Å²) >= 11 is 0. The number of nitrogens with one attached hydrogen (secondary N) is 1. The van der Waals surface area contributed by atoms with E-state index in [0.717, 1.165) is 6.42 Å². The second-order valence-electron chi connectivity index (χ2n) is 2.51. The van der Waals surface area contributed by atoms with Crippen molar-refractivity contribution >= 4 is 5.91 Å². The molecule has 1 saturated heterocycles. The smallest absolute Gasteiger partial charge is 0.250 e. The van der Waals surface area contributed by atoms with Crippen LogP contribution in [-0.4, -0.2) is 24.7 Å². The van der Waals surface area contributed by atoms with Crippen LogP contribution in [0.25, 0.3) is 0 Å². The van der Waals surface area contributed by atoms with Gasteiger partial charge in [0.05, 0.1) is 12.7 Å². The highest BCUT2D eigenvalue weighted by Gasteiger charge is 2.26. The van der Waals surface area contributed by atoms with Gasteiger partial charge in [0.1, 0.15) is 12.1 Å². The second kappa shape index (κ2) is 3.35. The lowest BCUT2D eigenvalue weighted by Crippen LogP contribution is -2.45. The molecule has 0 aromatic heterocycles. The summed E-state index contributed by atoms with van der Waals surface area (Å²) < 4.78 is 4.92. The summed E-state index contributed by atoms with van der Waals surface area (Å²) in [7, 11) is 0. The van der Waals surface area contributed by atoms with E-state index in [2.05, 4.69) is 5.32 Å². The molecule has 2 atom stereocenters. The van der Waals surface area contributed by atoms with Crippen molar-refractivity contribution in [1.29, 1.82) is 5.26 Å². The van der Waals surface area contributed by atoms with Crippen molar-refractivity contribution in [1.82, 2.24) is 5.32 Å². The van der Waals surface area contributed by atoms with Crippen LogP contribution in [0.4, 0.5) is 0 Å². The second-order valence-corrected chi connectivity index (χ2v) is 2.51. The molecule has 60 valence electrons. The molecule has 0 spiro atoms. The van der Waals surface area contributed by atoms with Crippen LogP contribution in [0.2, 0.25) is 0 Å². The van der Waals surface area contributed by atoms with Gasteiger partial charge in [0.2, 0.25) is 5.91 Å². The average molecular weight is 154 g/mol. The fourth-order valence-corrected chi connectivity index (χ4v) is 0.781. The molecule has 0 aliphatic carbocycles. The molecule has 1 N–H and O–H groups in total. The highest BCUT2D eigenvalue weighted by molar-refractivity contribution is 5.81. The van der Waals surface area contributed by atoms with Gasteiger partial charge in [-0.25, -0.2) is 0 Å². The van der Waals surface area contributed by atoms with Crippen LogP contribution in [0.1, 0.15) is 13.3 Å². The molecule has 4 heteroatoms. The first kappa shape index (κ1) is 8.02. The number of hydrogen-bond acceptors (Lipinski definition) is 3. The predicted octanol–water partition coefficient (Wildman–Crippen LogP) is -0.196. The number of amides is 1. The SMILES string of the molecule is C[C@H](C#N)NC(=O)C1CCO1. The third-order valence-electron chi connectivity index (χ3n) is 1.54. The van der Waals surface area contributed by atoms with E-state index in [1.807, 2.05) is 6.07 Å². The number of carbonyl (C=O) groups excluding carboxylic acids is 1. The van der Waals surface area contributed by atoms with Crippen LogP contribution in [-0.2, 0) is 9.53 Å². The topological polar surface area (TPSA) is 62.1 Å². The number of nitriles is 1. The van der Waals surface area contributed by atoms with Crippen molar-refractivity contribution in [2.45, 2.75) is 25.5 Å². The van der Waals surface area contributed by atoms with Gasteiger partial charge in [0.15, 0.2) is 0 Å². The molecule has 1 heterocycles. The van der Waals surface area contributed by atoms with Gasteiger partial charge in [-0.15, -0.1) is 0 Å². The number of rotatable bonds is 2. The summed E-state index contributed by atoms with van der Waals surface area (Å²) in [5, 5.41) is 10.9. The molecule has 0 aromatic rings. The normalized spacial score (nSPS) is 24.5.